The monoisotopic (exact) mass is 319 g/mol. The fraction of sp³-hybridized carbons (Fsp3) is 0.273. The van der Waals surface area contributed by atoms with E-state index in [1.54, 1.807) is 0 Å². The van der Waals surface area contributed by atoms with Crippen molar-refractivity contribution >= 4 is 27.8 Å². The maximum Gasteiger partial charge on any atom is 0.326 e. The van der Waals surface area contributed by atoms with Crippen LogP contribution in [0.2, 0.25) is 0 Å². The summed E-state index contributed by atoms with van der Waals surface area (Å²) in [7, 11) is 0. The van der Waals surface area contributed by atoms with Crippen LogP contribution < -0.4 is 5.32 Å². The Balaban J connectivity index is 2.86. The molecule has 0 saturated heterocycles. The molecule has 0 heterocycles. The average Bonchev–Trinajstić information content (AvgIpc) is 2.31. The van der Waals surface area contributed by atoms with Gasteiger partial charge in [0.15, 0.2) is 0 Å². The molecule has 0 aliphatic rings. The Bertz CT molecular complexity index is 466. The normalized spacial score (nSPS) is 11.9. The van der Waals surface area contributed by atoms with Crippen molar-refractivity contribution < 1.29 is 24.2 Å². The predicted molar refractivity (Wildman–Crippen MR) is 64.7 cm³/mol. The quantitative estimate of drug-likeness (QED) is 0.760. The molecule has 0 unspecified atom stereocenters. The number of carbonyl (C=O) groups is 2. The van der Waals surface area contributed by atoms with Crippen LogP contribution >= 0.6 is 15.9 Å². The largest absolute Gasteiger partial charge is 0.480 e. The fourth-order valence-corrected chi connectivity index (χ4v) is 1.72. The number of carboxylic acid groups (broad SMARTS) is 1. The molecule has 3 N–H and O–H groups in total. The number of aliphatic hydroxyl groups excluding tert-OH is 1. The number of hydrogen-bond acceptors (Lipinski definition) is 3. The summed E-state index contributed by atoms with van der Waals surface area (Å²) in [6.07, 6.45) is -0.117. The highest BCUT2D eigenvalue weighted by atomic mass is 79.9. The Labute approximate surface area is 111 Å². The lowest BCUT2D eigenvalue weighted by Gasteiger charge is -2.13. The van der Waals surface area contributed by atoms with E-state index in [4.69, 9.17) is 10.2 Å². The smallest absolute Gasteiger partial charge is 0.326 e. The predicted octanol–water partition coefficient (Wildman–Crippen LogP) is 1.15. The van der Waals surface area contributed by atoms with E-state index in [1.807, 2.05) is 0 Å². The molecule has 1 aromatic carbocycles. The average molecular weight is 320 g/mol. The Kier molecular flexibility index (Phi) is 5.24. The molecule has 1 atom stereocenters. The zero-order chi connectivity index (χ0) is 13.7. The summed E-state index contributed by atoms with van der Waals surface area (Å²) in [5.41, 5.74) is -0.000750. The minimum Gasteiger partial charge on any atom is -0.480 e. The van der Waals surface area contributed by atoms with Crippen molar-refractivity contribution in [1.29, 1.82) is 0 Å². The number of carbonyl (C=O) groups excluding carboxylic acids is 1. The lowest BCUT2D eigenvalue weighted by Crippen LogP contribution is -2.41. The van der Waals surface area contributed by atoms with Crippen LogP contribution in [-0.2, 0) is 4.79 Å². The van der Waals surface area contributed by atoms with Crippen molar-refractivity contribution in [2.24, 2.45) is 0 Å². The summed E-state index contributed by atoms with van der Waals surface area (Å²) in [6.45, 7) is -0.373. The van der Waals surface area contributed by atoms with Crippen molar-refractivity contribution in [2.45, 2.75) is 12.5 Å². The molecule has 0 fully saturated rings. The summed E-state index contributed by atoms with van der Waals surface area (Å²) < 4.78 is 13.4. The van der Waals surface area contributed by atoms with Crippen LogP contribution in [0.5, 0.6) is 0 Å². The fourth-order valence-electron chi connectivity index (χ4n) is 1.29. The van der Waals surface area contributed by atoms with E-state index in [0.29, 0.717) is 4.47 Å². The topological polar surface area (TPSA) is 86.6 Å². The van der Waals surface area contributed by atoms with Crippen LogP contribution in [-0.4, -0.2) is 34.7 Å². The van der Waals surface area contributed by atoms with Crippen molar-refractivity contribution in [1.82, 2.24) is 5.32 Å². The lowest BCUT2D eigenvalue weighted by atomic mass is 10.1. The number of nitrogens with one attached hydrogen (secondary N) is 1. The van der Waals surface area contributed by atoms with Gasteiger partial charge < -0.3 is 15.5 Å². The molecule has 0 saturated carbocycles. The van der Waals surface area contributed by atoms with E-state index in [1.165, 1.54) is 12.1 Å². The van der Waals surface area contributed by atoms with E-state index in [-0.39, 0.29) is 18.6 Å². The number of aliphatic hydroxyl groups is 1. The van der Waals surface area contributed by atoms with Crippen molar-refractivity contribution in [2.75, 3.05) is 6.61 Å². The Hall–Kier alpha value is -1.47. The molecular weight excluding hydrogens is 309 g/mol. The van der Waals surface area contributed by atoms with Gasteiger partial charge in [-0.2, -0.15) is 0 Å². The van der Waals surface area contributed by atoms with E-state index in [0.717, 1.165) is 6.07 Å². The Morgan fingerprint density at radius 1 is 1.44 bits per heavy atom. The van der Waals surface area contributed by atoms with Crippen LogP contribution in [0.1, 0.15) is 16.8 Å². The lowest BCUT2D eigenvalue weighted by molar-refractivity contribution is -0.139. The van der Waals surface area contributed by atoms with Gasteiger partial charge in [-0.1, -0.05) is 0 Å². The summed E-state index contributed by atoms with van der Waals surface area (Å²) >= 11 is 3.07. The van der Waals surface area contributed by atoms with Gasteiger partial charge in [-0.05, 0) is 34.1 Å². The molecule has 0 aliphatic heterocycles. The maximum atomic E-state index is 13.0. The first-order valence-electron chi connectivity index (χ1n) is 5.05. The zero-order valence-corrected chi connectivity index (χ0v) is 10.8. The van der Waals surface area contributed by atoms with Crippen LogP contribution in [0.25, 0.3) is 0 Å². The first kappa shape index (κ1) is 14.6. The molecule has 1 amide bonds. The molecule has 1 aromatic rings. The van der Waals surface area contributed by atoms with Crippen molar-refractivity contribution in [3.05, 3.63) is 34.1 Å². The van der Waals surface area contributed by atoms with Gasteiger partial charge >= 0.3 is 5.97 Å². The van der Waals surface area contributed by atoms with Crippen molar-refractivity contribution in [3.63, 3.8) is 0 Å². The van der Waals surface area contributed by atoms with Crippen LogP contribution in [0.3, 0.4) is 0 Å². The van der Waals surface area contributed by atoms with Crippen LogP contribution in [0, 0.1) is 5.82 Å². The maximum absolute atomic E-state index is 13.0. The number of aliphatic carboxylic acids is 1. The van der Waals surface area contributed by atoms with Crippen LogP contribution in [0.15, 0.2) is 22.7 Å². The van der Waals surface area contributed by atoms with E-state index < -0.39 is 23.7 Å². The number of amides is 1. The molecule has 0 radical (unpaired) electrons. The first-order valence-corrected chi connectivity index (χ1v) is 5.84. The van der Waals surface area contributed by atoms with Crippen LogP contribution in [0.4, 0.5) is 4.39 Å². The number of hydrogen-bond donors (Lipinski definition) is 3. The van der Waals surface area contributed by atoms with E-state index >= 15 is 0 Å². The van der Waals surface area contributed by atoms with E-state index in [2.05, 4.69) is 21.2 Å². The molecule has 98 valence electrons. The first-order chi connectivity index (χ1) is 8.45. The minimum atomic E-state index is -1.26. The van der Waals surface area contributed by atoms with Gasteiger partial charge in [-0.15, -0.1) is 0 Å². The SMILES string of the molecule is O=C(N[C@@H](CCO)C(=O)O)c1cc(F)ccc1Br. The third-order valence-corrected chi connectivity index (χ3v) is 2.89. The number of halogens is 2. The van der Waals surface area contributed by atoms with Gasteiger partial charge in [0.25, 0.3) is 5.91 Å². The van der Waals surface area contributed by atoms with E-state index in [9.17, 15) is 14.0 Å². The molecule has 0 bridgehead atoms. The second kappa shape index (κ2) is 6.46. The summed E-state index contributed by atoms with van der Waals surface area (Å²) in [4.78, 5) is 22.6. The highest BCUT2D eigenvalue weighted by Gasteiger charge is 2.21. The number of carboxylic acids is 1. The molecule has 0 spiro atoms. The van der Waals surface area contributed by atoms with Gasteiger partial charge in [-0.25, -0.2) is 9.18 Å². The summed E-state index contributed by atoms with van der Waals surface area (Å²) in [6, 6.07) is 2.31. The molecule has 5 nitrogen and oxygen atoms in total. The van der Waals surface area contributed by atoms with Gasteiger partial charge in [0.05, 0.1) is 5.56 Å². The second-order valence-corrected chi connectivity index (χ2v) is 4.36. The van der Waals surface area contributed by atoms with Gasteiger partial charge in [0.2, 0.25) is 0 Å². The number of benzene rings is 1. The van der Waals surface area contributed by atoms with Gasteiger partial charge in [-0.3, -0.25) is 4.79 Å². The number of rotatable bonds is 5. The Morgan fingerprint density at radius 2 is 2.11 bits per heavy atom. The molecule has 0 aliphatic carbocycles. The van der Waals surface area contributed by atoms with Crippen molar-refractivity contribution in [3.8, 4) is 0 Å². The molecule has 18 heavy (non-hydrogen) atoms. The Morgan fingerprint density at radius 3 is 2.67 bits per heavy atom. The van der Waals surface area contributed by atoms with Gasteiger partial charge in [0.1, 0.15) is 11.9 Å². The molecule has 7 heteroatoms. The third kappa shape index (κ3) is 3.78. The minimum absolute atomic E-state index is 0.000750. The molecule has 0 aromatic heterocycles. The molecule has 1 rings (SSSR count). The second-order valence-electron chi connectivity index (χ2n) is 3.50. The standard InChI is InChI=1S/C11H11BrFNO4/c12-8-2-1-6(13)5-7(8)10(16)14-9(3-4-15)11(17)18/h1-2,5,9,15H,3-4H2,(H,14,16)(H,17,18)/t9-/m0/s1. The summed E-state index contributed by atoms with van der Waals surface area (Å²) in [5, 5.41) is 19.7. The highest BCUT2D eigenvalue weighted by molar-refractivity contribution is 9.10. The highest BCUT2D eigenvalue weighted by Crippen LogP contribution is 2.17. The zero-order valence-electron chi connectivity index (χ0n) is 9.19. The molecular formula is C11H11BrFNO4. The third-order valence-electron chi connectivity index (χ3n) is 2.19. The van der Waals surface area contributed by atoms with Gasteiger partial charge in [0, 0.05) is 17.5 Å². The summed E-state index contributed by atoms with van der Waals surface area (Å²) in [5.74, 6) is -2.58.